The van der Waals surface area contributed by atoms with E-state index in [0.29, 0.717) is 26.8 Å². The lowest BCUT2D eigenvalue weighted by Gasteiger charge is -2.06. The van der Waals surface area contributed by atoms with Crippen LogP contribution in [0.2, 0.25) is 10.0 Å². The van der Waals surface area contributed by atoms with Gasteiger partial charge in [-0.3, -0.25) is 10.00 Å². The third kappa shape index (κ3) is 2.49. The SMILES string of the molecule is Cn1nc2c(-c3ccc(Cl)cc3Cl)cccc2c1NC(=O)O. The van der Waals surface area contributed by atoms with Gasteiger partial charge in [-0.05, 0) is 18.2 Å². The average Bonchev–Trinajstić information content (AvgIpc) is 2.75. The van der Waals surface area contributed by atoms with Gasteiger partial charge < -0.3 is 5.11 Å². The largest absolute Gasteiger partial charge is 0.465 e. The summed E-state index contributed by atoms with van der Waals surface area (Å²) in [6, 6.07) is 10.8. The Morgan fingerprint density at radius 1 is 1.23 bits per heavy atom. The van der Waals surface area contributed by atoms with Gasteiger partial charge in [-0.15, -0.1) is 0 Å². The molecule has 0 radical (unpaired) electrons. The number of nitrogens with one attached hydrogen (secondary N) is 1. The van der Waals surface area contributed by atoms with Crippen LogP contribution in [-0.2, 0) is 7.05 Å². The smallest absolute Gasteiger partial charge is 0.410 e. The van der Waals surface area contributed by atoms with Crippen molar-refractivity contribution in [1.82, 2.24) is 9.78 Å². The van der Waals surface area contributed by atoms with Crippen LogP contribution in [0.5, 0.6) is 0 Å². The van der Waals surface area contributed by atoms with E-state index in [4.69, 9.17) is 28.3 Å². The molecule has 1 amide bonds. The molecule has 1 heterocycles. The van der Waals surface area contributed by atoms with Crippen LogP contribution < -0.4 is 5.32 Å². The lowest BCUT2D eigenvalue weighted by molar-refractivity contribution is 0.209. The molecule has 0 unspecified atom stereocenters. The van der Waals surface area contributed by atoms with E-state index in [1.807, 2.05) is 18.2 Å². The molecule has 0 saturated heterocycles. The Bertz CT molecular complexity index is 890. The standard InChI is InChI=1S/C15H11Cl2N3O2/c1-20-14(18-15(21)22)11-4-2-3-10(13(11)19-20)9-6-5-8(16)7-12(9)17/h2-7,18H,1H3,(H,21,22). The molecule has 3 rings (SSSR count). The van der Waals surface area contributed by atoms with Gasteiger partial charge in [0.25, 0.3) is 0 Å². The molecule has 2 N–H and O–H groups in total. The molecule has 0 bridgehead atoms. The second-order valence-electron chi connectivity index (χ2n) is 4.73. The molecule has 7 heteroatoms. The molecule has 0 aliphatic rings. The van der Waals surface area contributed by atoms with Crippen molar-refractivity contribution in [2.45, 2.75) is 0 Å². The number of carbonyl (C=O) groups is 1. The van der Waals surface area contributed by atoms with E-state index >= 15 is 0 Å². The highest BCUT2D eigenvalue weighted by Gasteiger charge is 2.16. The number of halogens is 2. The van der Waals surface area contributed by atoms with Gasteiger partial charge in [0.2, 0.25) is 0 Å². The lowest BCUT2D eigenvalue weighted by atomic mass is 10.0. The zero-order valence-corrected chi connectivity index (χ0v) is 13.0. The van der Waals surface area contributed by atoms with Crippen LogP contribution in [0.3, 0.4) is 0 Å². The highest BCUT2D eigenvalue weighted by Crippen LogP contribution is 2.36. The van der Waals surface area contributed by atoms with Crippen LogP contribution in [0.15, 0.2) is 36.4 Å². The number of aryl methyl sites for hydroxylation is 1. The normalized spacial score (nSPS) is 10.9. The molecular formula is C15H11Cl2N3O2. The maximum Gasteiger partial charge on any atom is 0.410 e. The highest BCUT2D eigenvalue weighted by molar-refractivity contribution is 6.36. The summed E-state index contributed by atoms with van der Waals surface area (Å²) in [5.74, 6) is 0.412. The van der Waals surface area contributed by atoms with Gasteiger partial charge in [-0.25, -0.2) is 4.79 Å². The van der Waals surface area contributed by atoms with Gasteiger partial charge >= 0.3 is 6.09 Å². The molecule has 0 saturated carbocycles. The number of amides is 1. The first kappa shape index (κ1) is 14.7. The topological polar surface area (TPSA) is 67.2 Å². The van der Waals surface area contributed by atoms with Crippen LogP contribution >= 0.6 is 23.2 Å². The van der Waals surface area contributed by atoms with Crippen molar-refractivity contribution in [1.29, 1.82) is 0 Å². The van der Waals surface area contributed by atoms with Crippen LogP contribution in [0, 0.1) is 0 Å². The molecule has 0 spiro atoms. The minimum atomic E-state index is -1.14. The van der Waals surface area contributed by atoms with E-state index in [1.165, 1.54) is 4.68 Å². The van der Waals surface area contributed by atoms with Crippen LogP contribution in [0.25, 0.3) is 22.0 Å². The lowest BCUT2D eigenvalue weighted by Crippen LogP contribution is -2.11. The number of hydrogen-bond donors (Lipinski definition) is 2. The molecule has 3 aromatic rings. The van der Waals surface area contributed by atoms with Crippen molar-refractivity contribution in [3.8, 4) is 11.1 Å². The third-order valence-corrected chi connectivity index (χ3v) is 3.86. The van der Waals surface area contributed by atoms with E-state index in [-0.39, 0.29) is 0 Å². The number of aromatic nitrogens is 2. The summed E-state index contributed by atoms with van der Waals surface area (Å²) in [6.07, 6.45) is -1.14. The summed E-state index contributed by atoms with van der Waals surface area (Å²) < 4.78 is 1.49. The first-order chi connectivity index (χ1) is 10.5. The zero-order valence-electron chi connectivity index (χ0n) is 11.5. The molecular weight excluding hydrogens is 325 g/mol. The summed E-state index contributed by atoms with van der Waals surface area (Å²) in [5.41, 5.74) is 2.27. The fourth-order valence-corrected chi connectivity index (χ4v) is 2.90. The first-order valence-corrected chi connectivity index (χ1v) is 7.14. The maximum atomic E-state index is 10.9. The predicted molar refractivity (Wildman–Crippen MR) is 87.8 cm³/mol. The Morgan fingerprint density at radius 3 is 2.68 bits per heavy atom. The van der Waals surface area contributed by atoms with E-state index in [0.717, 1.165) is 11.1 Å². The highest BCUT2D eigenvalue weighted by atomic mass is 35.5. The van der Waals surface area contributed by atoms with Gasteiger partial charge in [-0.1, -0.05) is 41.4 Å². The van der Waals surface area contributed by atoms with Crippen LogP contribution in [0.1, 0.15) is 0 Å². The summed E-state index contributed by atoms with van der Waals surface area (Å²) in [6.45, 7) is 0. The van der Waals surface area contributed by atoms with E-state index in [1.54, 1.807) is 25.2 Å². The van der Waals surface area contributed by atoms with Crippen molar-refractivity contribution < 1.29 is 9.90 Å². The molecule has 0 fully saturated rings. The molecule has 0 aliphatic heterocycles. The summed E-state index contributed by atoms with van der Waals surface area (Å²) in [5, 5.41) is 17.5. The van der Waals surface area contributed by atoms with E-state index < -0.39 is 6.09 Å². The molecule has 112 valence electrons. The van der Waals surface area contributed by atoms with Crippen LogP contribution in [-0.4, -0.2) is 21.0 Å². The fourth-order valence-electron chi connectivity index (χ4n) is 2.39. The second-order valence-corrected chi connectivity index (χ2v) is 5.57. The summed E-state index contributed by atoms with van der Waals surface area (Å²) >= 11 is 12.2. The Hall–Kier alpha value is -2.24. The van der Waals surface area contributed by atoms with Crippen molar-refractivity contribution in [2.75, 3.05) is 5.32 Å². The number of rotatable bonds is 2. The molecule has 0 aliphatic carbocycles. The molecule has 2 aromatic carbocycles. The fraction of sp³-hybridized carbons (Fsp3) is 0.0667. The van der Waals surface area contributed by atoms with Gasteiger partial charge in [-0.2, -0.15) is 5.10 Å². The minimum Gasteiger partial charge on any atom is -0.465 e. The quantitative estimate of drug-likeness (QED) is 0.716. The summed E-state index contributed by atoms with van der Waals surface area (Å²) in [7, 11) is 1.68. The summed E-state index contributed by atoms with van der Waals surface area (Å²) in [4.78, 5) is 10.9. The number of fused-ring (bicyclic) bond motifs is 1. The van der Waals surface area contributed by atoms with Crippen LogP contribution in [0.4, 0.5) is 10.6 Å². The van der Waals surface area contributed by atoms with E-state index in [9.17, 15) is 4.79 Å². The predicted octanol–water partition coefficient (Wildman–Crippen LogP) is 4.64. The van der Waals surface area contributed by atoms with E-state index in [2.05, 4.69) is 10.4 Å². The zero-order chi connectivity index (χ0) is 15.9. The third-order valence-electron chi connectivity index (χ3n) is 3.31. The Labute approximate surface area is 136 Å². The van der Waals surface area contributed by atoms with Gasteiger partial charge in [0.05, 0.1) is 0 Å². The first-order valence-electron chi connectivity index (χ1n) is 6.38. The second kappa shape index (κ2) is 5.51. The van der Waals surface area contributed by atoms with Gasteiger partial charge in [0.15, 0.2) is 0 Å². The number of benzene rings is 2. The Kier molecular flexibility index (Phi) is 3.68. The minimum absolute atomic E-state index is 0.412. The molecule has 22 heavy (non-hydrogen) atoms. The number of hydrogen-bond acceptors (Lipinski definition) is 2. The molecule has 1 aromatic heterocycles. The van der Waals surface area contributed by atoms with Crippen molar-refractivity contribution in [3.05, 3.63) is 46.4 Å². The van der Waals surface area contributed by atoms with Crippen molar-refractivity contribution in [2.24, 2.45) is 7.05 Å². The number of anilines is 1. The monoisotopic (exact) mass is 335 g/mol. The van der Waals surface area contributed by atoms with Gasteiger partial charge in [0.1, 0.15) is 11.3 Å². The number of carboxylic acid groups (broad SMARTS) is 1. The van der Waals surface area contributed by atoms with Crippen molar-refractivity contribution >= 4 is 46.0 Å². The van der Waals surface area contributed by atoms with Crippen molar-refractivity contribution in [3.63, 3.8) is 0 Å². The molecule has 5 nitrogen and oxygen atoms in total. The Balaban J connectivity index is 2.25. The average molecular weight is 336 g/mol. The maximum absolute atomic E-state index is 10.9. The molecule has 0 atom stereocenters. The van der Waals surface area contributed by atoms with Gasteiger partial charge in [0, 0.05) is 33.6 Å². The Morgan fingerprint density at radius 2 is 2.00 bits per heavy atom. The number of nitrogens with zero attached hydrogens (tertiary/aromatic N) is 2.